The molecule has 0 saturated carbocycles. The van der Waals surface area contributed by atoms with Crippen molar-refractivity contribution in [3.63, 3.8) is 0 Å². The number of carboxylic acid groups (broad SMARTS) is 2. The maximum atomic E-state index is 12.0. The molecular formula is C35H34N4O8. The lowest BCUT2D eigenvalue weighted by molar-refractivity contribution is 0.0682. The Kier molecular flexibility index (Phi) is 9.15. The van der Waals surface area contributed by atoms with Crippen molar-refractivity contribution < 1.29 is 30.0 Å². The Balaban J connectivity index is 0.000000185. The fourth-order valence-corrected chi connectivity index (χ4v) is 5.78. The van der Waals surface area contributed by atoms with E-state index in [1.165, 1.54) is 6.07 Å². The van der Waals surface area contributed by atoms with Crippen molar-refractivity contribution in [1.29, 1.82) is 0 Å². The molecule has 0 aliphatic carbocycles. The predicted molar refractivity (Wildman–Crippen MR) is 178 cm³/mol. The third-order valence-corrected chi connectivity index (χ3v) is 8.17. The summed E-state index contributed by atoms with van der Waals surface area (Å²) in [6.07, 6.45) is 4.84. The SMILES string of the molecule is CCc1c(-c2ccc3c(ccn3C)c2)[nH]c(=O)c(C(=O)O)c1O.CCc1cc(C(=O)O)c(=O)[nH]c1-c1ccc2c(ccn2CCO)c1. The van der Waals surface area contributed by atoms with Gasteiger partial charge in [0.25, 0.3) is 11.1 Å². The highest BCUT2D eigenvalue weighted by atomic mass is 16.4. The standard InChI is InChI=1S/C18H18N2O4.C17H16N2O4/c1-2-11-10-14(18(23)24)17(22)19-16(11)13-3-4-15-12(9-13)5-6-20(15)7-8-21;1-3-11-14(18-16(21)13(15(11)20)17(22)23)10-4-5-12-9(8-10)6-7-19(12)2/h3-6,9-10,21H,2,7-8H2,1H3,(H,19,22)(H,23,24);4-8H,3H2,1-2H3,(H,22,23)(H2,18,20,21). The minimum Gasteiger partial charge on any atom is -0.506 e. The maximum Gasteiger partial charge on any atom is 0.345 e. The number of aromatic carboxylic acids is 2. The molecule has 0 aliphatic rings. The van der Waals surface area contributed by atoms with E-state index in [1.54, 1.807) is 6.92 Å². The topological polar surface area (TPSA) is 191 Å². The van der Waals surface area contributed by atoms with Gasteiger partial charge in [0, 0.05) is 53.4 Å². The second-order valence-corrected chi connectivity index (χ2v) is 11.0. The number of hydrogen-bond acceptors (Lipinski definition) is 6. The number of H-pyrrole nitrogens is 2. The molecule has 12 heteroatoms. The van der Waals surface area contributed by atoms with Crippen molar-refractivity contribution in [2.24, 2.45) is 7.05 Å². The van der Waals surface area contributed by atoms with Gasteiger partial charge < -0.3 is 39.5 Å². The van der Waals surface area contributed by atoms with Crippen LogP contribution >= 0.6 is 0 Å². The summed E-state index contributed by atoms with van der Waals surface area (Å²) in [6.45, 7) is 4.30. The molecule has 6 N–H and O–H groups in total. The molecule has 6 rings (SSSR count). The average Bonchev–Trinajstić information content (AvgIpc) is 3.62. The van der Waals surface area contributed by atoms with E-state index in [9.17, 15) is 24.3 Å². The van der Waals surface area contributed by atoms with Crippen molar-refractivity contribution in [2.75, 3.05) is 6.61 Å². The van der Waals surface area contributed by atoms with Crippen LogP contribution < -0.4 is 11.1 Å². The molecule has 0 aliphatic heterocycles. The molecule has 4 aromatic heterocycles. The zero-order valence-corrected chi connectivity index (χ0v) is 26.0. The van der Waals surface area contributed by atoms with Gasteiger partial charge in [-0.05, 0) is 72.0 Å². The number of benzene rings is 2. The highest BCUT2D eigenvalue weighted by molar-refractivity contribution is 5.93. The van der Waals surface area contributed by atoms with Crippen molar-refractivity contribution in [2.45, 2.75) is 33.2 Å². The van der Waals surface area contributed by atoms with E-state index >= 15 is 0 Å². The lowest BCUT2D eigenvalue weighted by atomic mass is 9.99. The van der Waals surface area contributed by atoms with Crippen LogP contribution in [0, 0.1) is 0 Å². The number of aromatic nitrogens is 4. The minimum absolute atomic E-state index is 0.0650. The van der Waals surface area contributed by atoms with Gasteiger partial charge in [-0.25, -0.2) is 9.59 Å². The quantitative estimate of drug-likeness (QED) is 0.138. The Hall–Kier alpha value is -5.88. The Bertz CT molecular complexity index is 2270. The Morgan fingerprint density at radius 3 is 2.00 bits per heavy atom. The van der Waals surface area contributed by atoms with E-state index in [4.69, 9.17) is 15.3 Å². The Labute approximate surface area is 267 Å². The molecule has 47 heavy (non-hydrogen) atoms. The number of pyridine rings is 2. The lowest BCUT2D eigenvalue weighted by Crippen LogP contribution is -2.20. The van der Waals surface area contributed by atoms with Gasteiger partial charge in [-0.2, -0.15) is 0 Å². The summed E-state index contributed by atoms with van der Waals surface area (Å²) < 4.78 is 3.93. The molecule has 12 nitrogen and oxygen atoms in total. The van der Waals surface area contributed by atoms with E-state index in [-0.39, 0.29) is 12.2 Å². The third-order valence-electron chi connectivity index (χ3n) is 8.17. The lowest BCUT2D eigenvalue weighted by Gasteiger charge is -2.12. The zero-order chi connectivity index (χ0) is 34.0. The molecule has 0 amide bonds. The largest absolute Gasteiger partial charge is 0.506 e. The molecule has 0 atom stereocenters. The summed E-state index contributed by atoms with van der Waals surface area (Å²) >= 11 is 0. The molecule has 6 aromatic rings. The predicted octanol–water partition coefficient (Wildman–Crippen LogP) is 4.75. The summed E-state index contributed by atoms with van der Waals surface area (Å²) in [4.78, 5) is 51.6. The van der Waals surface area contributed by atoms with Crippen LogP contribution in [0.5, 0.6) is 5.75 Å². The fourth-order valence-electron chi connectivity index (χ4n) is 5.78. The van der Waals surface area contributed by atoms with Crippen LogP contribution in [0.3, 0.4) is 0 Å². The molecule has 242 valence electrons. The minimum atomic E-state index is -1.44. The molecule has 0 unspecified atom stereocenters. The van der Waals surface area contributed by atoms with Crippen LogP contribution in [0.2, 0.25) is 0 Å². The maximum absolute atomic E-state index is 12.0. The molecular weight excluding hydrogens is 604 g/mol. The summed E-state index contributed by atoms with van der Waals surface area (Å²) in [6, 6.07) is 16.8. The van der Waals surface area contributed by atoms with Gasteiger partial charge in [-0.3, -0.25) is 9.59 Å². The van der Waals surface area contributed by atoms with Gasteiger partial charge in [0.1, 0.15) is 11.3 Å². The summed E-state index contributed by atoms with van der Waals surface area (Å²) in [5.74, 6) is -3.13. The van der Waals surface area contributed by atoms with Gasteiger partial charge in [-0.1, -0.05) is 26.0 Å². The first kappa shape index (κ1) is 32.5. The number of aliphatic hydroxyl groups excluding tert-OH is 1. The number of fused-ring (bicyclic) bond motifs is 2. The molecule has 0 bridgehead atoms. The molecule has 4 heterocycles. The number of carboxylic acids is 2. The highest BCUT2D eigenvalue weighted by Crippen LogP contribution is 2.32. The van der Waals surface area contributed by atoms with Crippen LogP contribution in [0.15, 0.2) is 76.6 Å². The Morgan fingerprint density at radius 1 is 0.766 bits per heavy atom. The number of rotatable bonds is 8. The average molecular weight is 639 g/mol. The van der Waals surface area contributed by atoms with Gasteiger partial charge in [-0.15, -0.1) is 0 Å². The Morgan fingerprint density at radius 2 is 1.38 bits per heavy atom. The van der Waals surface area contributed by atoms with E-state index in [1.807, 2.05) is 84.0 Å². The van der Waals surface area contributed by atoms with Crippen molar-refractivity contribution in [3.8, 4) is 28.3 Å². The van der Waals surface area contributed by atoms with Gasteiger partial charge in [0.2, 0.25) is 0 Å². The van der Waals surface area contributed by atoms with E-state index in [0.29, 0.717) is 36.3 Å². The highest BCUT2D eigenvalue weighted by Gasteiger charge is 2.22. The normalized spacial score (nSPS) is 11.1. The van der Waals surface area contributed by atoms with E-state index in [2.05, 4.69) is 9.97 Å². The molecule has 0 fully saturated rings. The second-order valence-electron chi connectivity index (χ2n) is 11.0. The summed E-state index contributed by atoms with van der Waals surface area (Å²) in [5, 5.41) is 39.5. The number of aromatic hydroxyl groups is 1. The molecule has 2 aromatic carbocycles. The smallest absolute Gasteiger partial charge is 0.345 e. The number of nitrogens with one attached hydrogen (secondary N) is 2. The van der Waals surface area contributed by atoms with Crippen molar-refractivity contribution in [1.82, 2.24) is 19.1 Å². The first-order valence-electron chi connectivity index (χ1n) is 14.9. The first-order valence-corrected chi connectivity index (χ1v) is 14.9. The van der Waals surface area contributed by atoms with Crippen molar-refractivity contribution in [3.05, 3.63) is 110 Å². The number of hydrogen-bond donors (Lipinski definition) is 6. The van der Waals surface area contributed by atoms with E-state index in [0.717, 1.165) is 38.5 Å². The van der Waals surface area contributed by atoms with Crippen LogP contribution in [0.4, 0.5) is 0 Å². The third kappa shape index (κ3) is 6.18. The van der Waals surface area contributed by atoms with Crippen molar-refractivity contribution >= 4 is 33.7 Å². The number of nitrogens with zero attached hydrogens (tertiary/aromatic N) is 2. The second kappa shape index (κ2) is 13.2. The first-order chi connectivity index (χ1) is 22.5. The fraction of sp³-hybridized carbons (Fsp3) is 0.200. The van der Waals surface area contributed by atoms with Crippen LogP contribution in [-0.4, -0.2) is 58.1 Å². The summed E-state index contributed by atoms with van der Waals surface area (Å²) in [5.41, 5.74) is 3.60. The number of aliphatic hydroxyl groups is 1. The number of carbonyl (C=O) groups is 2. The number of aryl methyl sites for hydroxylation is 2. The zero-order valence-electron chi connectivity index (χ0n) is 26.0. The molecule has 0 spiro atoms. The molecule has 0 radical (unpaired) electrons. The number of aromatic amines is 2. The van der Waals surface area contributed by atoms with Gasteiger partial charge >= 0.3 is 11.9 Å². The van der Waals surface area contributed by atoms with Crippen LogP contribution in [-0.2, 0) is 26.4 Å². The molecule has 0 saturated heterocycles. The monoisotopic (exact) mass is 638 g/mol. The van der Waals surface area contributed by atoms with Gasteiger partial charge in [0.15, 0.2) is 5.56 Å². The van der Waals surface area contributed by atoms with Crippen LogP contribution in [0.1, 0.15) is 45.7 Å². The van der Waals surface area contributed by atoms with E-state index < -0.39 is 34.4 Å². The summed E-state index contributed by atoms with van der Waals surface area (Å²) in [7, 11) is 1.94. The van der Waals surface area contributed by atoms with Gasteiger partial charge in [0.05, 0.1) is 18.0 Å². The van der Waals surface area contributed by atoms with Crippen LogP contribution in [0.25, 0.3) is 44.3 Å².